The molecule has 1 aromatic carbocycles. The summed E-state index contributed by atoms with van der Waals surface area (Å²) in [5, 5.41) is 6.41. The second-order valence-electron chi connectivity index (χ2n) is 9.01. The number of hydrogen-bond donors (Lipinski definition) is 3. The van der Waals surface area contributed by atoms with Gasteiger partial charge < -0.3 is 11.1 Å². The van der Waals surface area contributed by atoms with Crippen molar-refractivity contribution < 1.29 is 19.2 Å². The number of imide groups is 1. The van der Waals surface area contributed by atoms with Crippen LogP contribution in [0.5, 0.6) is 0 Å². The summed E-state index contributed by atoms with van der Waals surface area (Å²) in [5.74, 6) is -3.75. The quantitative estimate of drug-likeness (QED) is 0.619. The molecular formula is C20H23ClN4O4. The molecule has 4 unspecified atom stereocenters. The normalized spacial score (nSPS) is 30.7. The Bertz CT molecular complexity index is 985. The van der Waals surface area contributed by atoms with Gasteiger partial charge in [0.1, 0.15) is 5.54 Å². The molecule has 9 heteroatoms. The number of hydrogen-bond acceptors (Lipinski definition) is 5. The van der Waals surface area contributed by atoms with Gasteiger partial charge in [-0.2, -0.15) is 0 Å². The van der Waals surface area contributed by atoms with Crippen LogP contribution in [-0.2, 0) is 24.7 Å². The van der Waals surface area contributed by atoms with E-state index in [-0.39, 0.29) is 6.42 Å². The lowest BCUT2D eigenvalue weighted by Gasteiger charge is -2.34. The topological polar surface area (TPSA) is 122 Å². The van der Waals surface area contributed by atoms with Crippen molar-refractivity contribution in [2.75, 3.05) is 5.32 Å². The van der Waals surface area contributed by atoms with E-state index in [2.05, 4.69) is 10.6 Å². The van der Waals surface area contributed by atoms with E-state index in [9.17, 15) is 19.2 Å². The first-order valence-corrected chi connectivity index (χ1v) is 9.83. The van der Waals surface area contributed by atoms with Crippen LogP contribution in [0.1, 0.15) is 38.3 Å². The zero-order valence-corrected chi connectivity index (χ0v) is 17.4. The number of nitrogens with zero attached hydrogens (tertiary/aromatic N) is 1. The number of nitrogens with one attached hydrogen (secondary N) is 2. The maximum atomic E-state index is 13.5. The van der Waals surface area contributed by atoms with Crippen LogP contribution in [0.15, 0.2) is 12.1 Å². The molecule has 4 rings (SSSR count). The van der Waals surface area contributed by atoms with Crippen molar-refractivity contribution >= 4 is 40.9 Å². The van der Waals surface area contributed by atoms with Crippen molar-refractivity contribution in [2.45, 2.75) is 51.2 Å². The van der Waals surface area contributed by atoms with E-state index >= 15 is 0 Å². The van der Waals surface area contributed by atoms with Crippen molar-refractivity contribution in [1.82, 2.24) is 10.2 Å². The third kappa shape index (κ3) is 2.55. The first-order valence-electron chi connectivity index (χ1n) is 9.45. The number of halogens is 1. The van der Waals surface area contributed by atoms with Gasteiger partial charge >= 0.3 is 0 Å². The lowest BCUT2D eigenvalue weighted by atomic mass is 9.76. The number of carbonyl (C=O) groups excluding carboxylic acids is 4. The predicted molar refractivity (Wildman–Crippen MR) is 106 cm³/mol. The zero-order valence-electron chi connectivity index (χ0n) is 16.6. The van der Waals surface area contributed by atoms with Gasteiger partial charge in [-0.15, -0.1) is 0 Å². The minimum absolute atomic E-state index is 0.165. The molecule has 8 nitrogen and oxygen atoms in total. The molecule has 4 atom stereocenters. The van der Waals surface area contributed by atoms with Gasteiger partial charge in [0.2, 0.25) is 23.6 Å². The zero-order chi connectivity index (χ0) is 21.5. The van der Waals surface area contributed by atoms with E-state index < -0.39 is 52.6 Å². The third-order valence-electron chi connectivity index (χ3n) is 6.08. The number of fused-ring (bicyclic) bond motifs is 4. The molecule has 154 valence electrons. The predicted octanol–water partition coefficient (Wildman–Crippen LogP) is 1.04. The van der Waals surface area contributed by atoms with Gasteiger partial charge in [-0.1, -0.05) is 11.6 Å². The van der Waals surface area contributed by atoms with Gasteiger partial charge in [-0.05, 0) is 45.4 Å². The molecule has 0 saturated carbocycles. The van der Waals surface area contributed by atoms with Crippen molar-refractivity contribution in [3.05, 3.63) is 28.3 Å². The largest absolute Gasteiger partial charge is 0.370 e. The minimum atomic E-state index is -1.48. The summed E-state index contributed by atoms with van der Waals surface area (Å²) < 4.78 is 0. The number of amides is 4. The maximum absolute atomic E-state index is 13.5. The van der Waals surface area contributed by atoms with Gasteiger partial charge in [0.15, 0.2) is 0 Å². The van der Waals surface area contributed by atoms with Crippen LogP contribution in [0.3, 0.4) is 0 Å². The SMILES string of the molecule is Cc1cc(Cl)cc2c1NC(=O)C21NC(CC(N)=O)C2C(=O)N(C(C)(C)C)C(=O)C21. The molecule has 1 aromatic rings. The van der Waals surface area contributed by atoms with Crippen LogP contribution < -0.4 is 16.4 Å². The summed E-state index contributed by atoms with van der Waals surface area (Å²) in [7, 11) is 0. The van der Waals surface area contributed by atoms with E-state index in [1.165, 1.54) is 4.90 Å². The molecule has 3 heterocycles. The first kappa shape index (κ1) is 19.8. The Balaban J connectivity index is 1.95. The molecule has 3 aliphatic rings. The number of rotatable bonds is 2. The fraction of sp³-hybridized carbons (Fsp3) is 0.500. The van der Waals surface area contributed by atoms with E-state index in [0.29, 0.717) is 16.3 Å². The van der Waals surface area contributed by atoms with Crippen LogP contribution in [-0.4, -0.2) is 40.1 Å². The van der Waals surface area contributed by atoms with E-state index in [1.54, 1.807) is 39.8 Å². The standard InChI is InChI=1S/C20H23ClN4O4/c1-8-5-9(21)6-10-15(8)23-18(29)20(10)14-13(11(24-20)7-12(22)26)16(27)25(17(14)28)19(2,3)4/h5-6,11,13-14,24H,7H2,1-4H3,(H2,22,26)(H,23,29). The van der Waals surface area contributed by atoms with Gasteiger partial charge in [-0.25, -0.2) is 0 Å². The second kappa shape index (κ2) is 6.03. The molecule has 4 amide bonds. The average Bonchev–Trinajstić information content (AvgIpc) is 3.13. The molecule has 4 N–H and O–H groups in total. The highest BCUT2D eigenvalue weighted by Crippen LogP contribution is 2.55. The number of likely N-dealkylation sites (tertiary alicyclic amines) is 1. The molecule has 0 bridgehead atoms. The number of nitrogens with two attached hydrogens (primary N) is 1. The van der Waals surface area contributed by atoms with Gasteiger partial charge in [0, 0.05) is 34.3 Å². The number of primary amides is 1. The van der Waals surface area contributed by atoms with Gasteiger partial charge in [0.25, 0.3) is 0 Å². The van der Waals surface area contributed by atoms with Crippen molar-refractivity contribution in [3.8, 4) is 0 Å². The van der Waals surface area contributed by atoms with Gasteiger partial charge in [0.05, 0.1) is 11.8 Å². The fourth-order valence-corrected chi connectivity index (χ4v) is 5.36. The number of benzene rings is 1. The Morgan fingerprint density at radius 2 is 1.90 bits per heavy atom. The van der Waals surface area contributed by atoms with E-state index in [0.717, 1.165) is 5.56 Å². The highest BCUT2D eigenvalue weighted by atomic mass is 35.5. The monoisotopic (exact) mass is 418 g/mol. The first-order chi connectivity index (χ1) is 13.4. The molecule has 29 heavy (non-hydrogen) atoms. The van der Waals surface area contributed by atoms with Crippen LogP contribution in [0, 0.1) is 18.8 Å². The summed E-state index contributed by atoms with van der Waals surface area (Å²) in [6.07, 6.45) is -0.165. The van der Waals surface area contributed by atoms with Crippen molar-refractivity contribution in [3.63, 3.8) is 0 Å². The number of carbonyl (C=O) groups is 4. The number of anilines is 1. The van der Waals surface area contributed by atoms with E-state index in [4.69, 9.17) is 17.3 Å². The molecule has 1 spiro atoms. The van der Waals surface area contributed by atoms with Crippen LogP contribution >= 0.6 is 11.6 Å². The molecule has 0 aromatic heterocycles. The second-order valence-corrected chi connectivity index (χ2v) is 9.45. The Morgan fingerprint density at radius 3 is 2.48 bits per heavy atom. The summed E-state index contributed by atoms with van der Waals surface area (Å²) in [6.45, 7) is 7.09. The molecule has 3 aliphatic heterocycles. The Labute approximate surface area is 173 Å². The molecule has 0 aliphatic carbocycles. The minimum Gasteiger partial charge on any atom is -0.370 e. The highest BCUT2D eigenvalue weighted by molar-refractivity contribution is 6.31. The third-order valence-corrected chi connectivity index (χ3v) is 6.30. The lowest BCUT2D eigenvalue weighted by Crippen LogP contribution is -2.56. The average molecular weight is 419 g/mol. The smallest absolute Gasteiger partial charge is 0.250 e. The summed E-state index contributed by atoms with van der Waals surface area (Å²) in [6, 6.07) is 2.61. The summed E-state index contributed by atoms with van der Waals surface area (Å²) in [4.78, 5) is 53.0. The molecular weight excluding hydrogens is 396 g/mol. The van der Waals surface area contributed by atoms with Crippen molar-refractivity contribution in [1.29, 1.82) is 0 Å². The Kier molecular flexibility index (Phi) is 4.12. The van der Waals surface area contributed by atoms with Crippen LogP contribution in [0.4, 0.5) is 5.69 Å². The lowest BCUT2D eigenvalue weighted by molar-refractivity contribution is -0.147. The Morgan fingerprint density at radius 1 is 1.24 bits per heavy atom. The van der Waals surface area contributed by atoms with E-state index in [1.807, 2.05) is 0 Å². The van der Waals surface area contributed by atoms with Crippen LogP contribution in [0.2, 0.25) is 5.02 Å². The summed E-state index contributed by atoms with van der Waals surface area (Å²) >= 11 is 6.26. The maximum Gasteiger partial charge on any atom is 0.250 e. The number of aryl methyl sites for hydroxylation is 1. The Hall–Kier alpha value is -2.45. The summed E-state index contributed by atoms with van der Waals surface area (Å²) in [5.41, 5.74) is 5.00. The highest BCUT2D eigenvalue weighted by Gasteiger charge is 2.71. The molecule has 0 radical (unpaired) electrons. The fourth-order valence-electron chi connectivity index (χ4n) is 5.09. The molecule has 2 saturated heterocycles. The van der Waals surface area contributed by atoms with Crippen molar-refractivity contribution in [2.24, 2.45) is 17.6 Å². The molecule has 2 fully saturated rings. The van der Waals surface area contributed by atoms with Gasteiger partial charge in [-0.3, -0.25) is 29.4 Å². The van der Waals surface area contributed by atoms with Crippen LogP contribution in [0.25, 0.3) is 0 Å².